The summed E-state index contributed by atoms with van der Waals surface area (Å²) in [4.78, 5) is 5.32. The Hall–Kier alpha value is -0.500. The zero-order chi connectivity index (χ0) is 14.6. The summed E-state index contributed by atoms with van der Waals surface area (Å²) in [5, 5.41) is 3.57. The smallest absolute Gasteiger partial charge is 0.214 e. The Balaban J connectivity index is 1.83. The quantitative estimate of drug-likeness (QED) is 0.871. The Morgan fingerprint density at radius 3 is 2.75 bits per heavy atom. The van der Waals surface area contributed by atoms with Gasteiger partial charge in [-0.2, -0.15) is 0 Å². The summed E-state index contributed by atoms with van der Waals surface area (Å²) in [5.41, 5.74) is 1.84. The number of sulfonamides is 1. The molecule has 1 aromatic heterocycles. The van der Waals surface area contributed by atoms with Crippen molar-refractivity contribution in [2.45, 2.75) is 45.2 Å². The van der Waals surface area contributed by atoms with Crippen LogP contribution < -0.4 is 5.32 Å². The molecule has 2 rings (SSSR count). The number of nitrogens with zero attached hydrogens (tertiary/aromatic N) is 2. The Bertz CT molecular complexity index is 494. The zero-order valence-corrected chi connectivity index (χ0v) is 13.7. The lowest BCUT2D eigenvalue weighted by molar-refractivity contribution is 0.278. The fourth-order valence-corrected chi connectivity index (χ4v) is 4.74. The maximum atomic E-state index is 12.0. The Morgan fingerprint density at radius 1 is 1.50 bits per heavy atom. The minimum Gasteiger partial charge on any atom is -0.307 e. The molecule has 1 unspecified atom stereocenters. The number of hydrogen-bond acceptors (Lipinski definition) is 5. The van der Waals surface area contributed by atoms with Crippen molar-refractivity contribution in [3.8, 4) is 0 Å². The van der Waals surface area contributed by atoms with E-state index in [4.69, 9.17) is 0 Å². The third-order valence-corrected chi connectivity index (χ3v) is 6.71. The molecular formula is C13H23N3O2S2. The fraction of sp³-hybridized carbons (Fsp3) is 0.769. The van der Waals surface area contributed by atoms with Crippen LogP contribution in [0.3, 0.4) is 0 Å². The molecule has 1 saturated heterocycles. The van der Waals surface area contributed by atoms with Crippen molar-refractivity contribution >= 4 is 21.4 Å². The van der Waals surface area contributed by atoms with Crippen molar-refractivity contribution in [1.29, 1.82) is 0 Å². The van der Waals surface area contributed by atoms with Crippen LogP contribution in [0.25, 0.3) is 0 Å². The highest BCUT2D eigenvalue weighted by Gasteiger charge is 2.27. The van der Waals surface area contributed by atoms with Crippen LogP contribution >= 0.6 is 11.3 Å². The topological polar surface area (TPSA) is 62.3 Å². The maximum Gasteiger partial charge on any atom is 0.214 e. The van der Waals surface area contributed by atoms with Gasteiger partial charge in [0.05, 0.1) is 11.3 Å². The molecule has 1 N–H and O–H groups in total. The molecule has 1 fully saturated rings. The largest absolute Gasteiger partial charge is 0.307 e. The highest BCUT2D eigenvalue weighted by Crippen LogP contribution is 2.21. The molecule has 1 aliphatic heterocycles. The van der Waals surface area contributed by atoms with Gasteiger partial charge in [0.25, 0.3) is 0 Å². The van der Waals surface area contributed by atoms with Gasteiger partial charge in [0.15, 0.2) is 0 Å². The SMILES string of the molecule is CCCS(=O)(=O)N1CCC(NC(C)c2cncs2)CC1. The van der Waals surface area contributed by atoms with E-state index < -0.39 is 10.0 Å². The summed E-state index contributed by atoms with van der Waals surface area (Å²) in [7, 11) is -3.03. The summed E-state index contributed by atoms with van der Waals surface area (Å²) in [6, 6.07) is 0.673. The first-order valence-corrected chi connectivity index (χ1v) is 9.64. The molecule has 5 nitrogen and oxygen atoms in total. The van der Waals surface area contributed by atoms with Crippen LogP contribution in [0, 0.1) is 0 Å². The van der Waals surface area contributed by atoms with E-state index in [0.29, 0.717) is 25.6 Å². The van der Waals surface area contributed by atoms with Crippen LogP contribution in [0.5, 0.6) is 0 Å². The first-order chi connectivity index (χ1) is 9.53. The van der Waals surface area contributed by atoms with E-state index in [1.165, 1.54) is 4.88 Å². The molecule has 1 aliphatic rings. The van der Waals surface area contributed by atoms with Gasteiger partial charge < -0.3 is 5.32 Å². The number of nitrogens with one attached hydrogen (secondary N) is 1. The van der Waals surface area contributed by atoms with Crippen LogP contribution in [0.15, 0.2) is 11.7 Å². The molecule has 114 valence electrons. The van der Waals surface area contributed by atoms with Gasteiger partial charge in [-0.25, -0.2) is 12.7 Å². The third kappa shape index (κ3) is 4.00. The lowest BCUT2D eigenvalue weighted by Gasteiger charge is -2.33. The second-order valence-corrected chi connectivity index (χ2v) is 8.29. The molecule has 2 heterocycles. The molecule has 0 spiro atoms. The predicted octanol–water partition coefficient (Wildman–Crippen LogP) is 2.00. The van der Waals surface area contributed by atoms with Gasteiger partial charge >= 0.3 is 0 Å². The summed E-state index contributed by atoms with van der Waals surface area (Å²) in [6.07, 6.45) is 4.34. The van der Waals surface area contributed by atoms with Gasteiger partial charge in [-0.3, -0.25) is 4.98 Å². The van der Waals surface area contributed by atoms with Gasteiger partial charge in [0.1, 0.15) is 0 Å². The third-order valence-electron chi connectivity index (χ3n) is 3.67. The molecule has 20 heavy (non-hydrogen) atoms. The number of piperidine rings is 1. The van der Waals surface area contributed by atoms with Crippen molar-refractivity contribution in [2.24, 2.45) is 0 Å². The Kier molecular flexibility index (Phi) is 5.54. The average Bonchev–Trinajstić information content (AvgIpc) is 2.93. The highest BCUT2D eigenvalue weighted by atomic mass is 32.2. The van der Waals surface area contributed by atoms with Gasteiger partial charge in [0.2, 0.25) is 10.0 Å². The van der Waals surface area contributed by atoms with E-state index in [0.717, 1.165) is 12.8 Å². The summed E-state index contributed by atoms with van der Waals surface area (Å²) < 4.78 is 25.6. The predicted molar refractivity (Wildman–Crippen MR) is 82.3 cm³/mol. The molecule has 0 aromatic carbocycles. The molecule has 7 heteroatoms. The van der Waals surface area contributed by atoms with E-state index in [9.17, 15) is 8.42 Å². The van der Waals surface area contributed by atoms with Crippen LogP contribution in [0.1, 0.15) is 44.0 Å². The Labute approximate surface area is 125 Å². The first kappa shape index (κ1) is 15.9. The van der Waals surface area contributed by atoms with E-state index in [1.807, 2.05) is 18.6 Å². The monoisotopic (exact) mass is 317 g/mol. The van der Waals surface area contributed by atoms with Crippen molar-refractivity contribution < 1.29 is 8.42 Å². The van der Waals surface area contributed by atoms with Gasteiger partial charge in [-0.1, -0.05) is 6.92 Å². The lowest BCUT2D eigenvalue weighted by Crippen LogP contribution is -2.45. The Morgan fingerprint density at radius 2 is 2.20 bits per heavy atom. The maximum absolute atomic E-state index is 12.0. The van der Waals surface area contributed by atoms with Crippen LogP contribution in [-0.2, 0) is 10.0 Å². The molecule has 0 aliphatic carbocycles. The fourth-order valence-electron chi connectivity index (χ4n) is 2.56. The van der Waals surface area contributed by atoms with Crippen LogP contribution in [0.2, 0.25) is 0 Å². The van der Waals surface area contributed by atoms with Crippen molar-refractivity contribution in [2.75, 3.05) is 18.8 Å². The number of aromatic nitrogens is 1. The average molecular weight is 317 g/mol. The minimum atomic E-state index is -3.03. The number of hydrogen-bond donors (Lipinski definition) is 1. The zero-order valence-electron chi connectivity index (χ0n) is 12.1. The van der Waals surface area contributed by atoms with E-state index in [1.54, 1.807) is 15.6 Å². The first-order valence-electron chi connectivity index (χ1n) is 7.15. The molecule has 0 bridgehead atoms. The molecule has 0 radical (unpaired) electrons. The van der Waals surface area contributed by atoms with Gasteiger partial charge in [-0.15, -0.1) is 11.3 Å². The van der Waals surface area contributed by atoms with Gasteiger partial charge in [0, 0.05) is 36.2 Å². The number of rotatable bonds is 6. The van der Waals surface area contributed by atoms with E-state index in [-0.39, 0.29) is 11.8 Å². The second-order valence-electron chi connectivity index (χ2n) is 5.28. The standard InChI is InChI=1S/C13H23N3O2S2/c1-3-8-20(17,18)16-6-4-12(5-7-16)15-11(2)13-9-14-10-19-13/h9-12,15H,3-8H2,1-2H3. The molecule has 0 saturated carbocycles. The molecular weight excluding hydrogens is 294 g/mol. The molecule has 1 aromatic rings. The van der Waals surface area contributed by atoms with Crippen molar-refractivity contribution in [3.63, 3.8) is 0 Å². The van der Waals surface area contributed by atoms with Crippen LogP contribution in [-0.4, -0.2) is 42.6 Å². The summed E-state index contributed by atoms with van der Waals surface area (Å²) >= 11 is 1.65. The summed E-state index contributed by atoms with van der Waals surface area (Å²) in [6.45, 7) is 5.31. The van der Waals surface area contributed by atoms with Gasteiger partial charge in [-0.05, 0) is 26.2 Å². The minimum absolute atomic E-state index is 0.266. The van der Waals surface area contributed by atoms with Crippen molar-refractivity contribution in [3.05, 3.63) is 16.6 Å². The van der Waals surface area contributed by atoms with E-state index in [2.05, 4.69) is 17.2 Å². The lowest BCUT2D eigenvalue weighted by atomic mass is 10.1. The number of thiazole rings is 1. The summed E-state index contributed by atoms with van der Waals surface area (Å²) in [5.74, 6) is 0.266. The normalized spacial score (nSPS) is 20.1. The second kappa shape index (κ2) is 6.98. The van der Waals surface area contributed by atoms with E-state index >= 15 is 0 Å². The molecule has 1 atom stereocenters. The highest BCUT2D eigenvalue weighted by molar-refractivity contribution is 7.89. The van der Waals surface area contributed by atoms with Crippen LogP contribution in [0.4, 0.5) is 0 Å². The molecule has 0 amide bonds. The van der Waals surface area contributed by atoms with Crippen molar-refractivity contribution in [1.82, 2.24) is 14.6 Å².